The van der Waals surface area contributed by atoms with Crippen molar-refractivity contribution in [1.82, 2.24) is 25.4 Å². The lowest BCUT2D eigenvalue weighted by Crippen LogP contribution is -2.41. The molecule has 1 unspecified atom stereocenters. The van der Waals surface area contributed by atoms with E-state index in [2.05, 4.69) is 20.5 Å². The number of benzene rings is 2. The zero-order valence-electron chi connectivity index (χ0n) is 16.5. The Morgan fingerprint density at radius 3 is 2.60 bits per heavy atom. The number of carbonyl (C=O) groups excluding carboxylic acids is 2. The van der Waals surface area contributed by atoms with Crippen LogP contribution in [0, 0.1) is 0 Å². The number of ether oxygens (including phenoxy) is 1. The van der Waals surface area contributed by atoms with Gasteiger partial charge in [-0.3, -0.25) is 14.7 Å². The molecule has 1 fully saturated rings. The van der Waals surface area contributed by atoms with E-state index in [4.69, 9.17) is 4.74 Å². The molecule has 0 radical (unpaired) electrons. The monoisotopic (exact) mass is 405 g/mol. The molecule has 154 valence electrons. The number of aromatic amines is 1. The number of hydrogen-bond acceptors (Lipinski definition) is 5. The summed E-state index contributed by atoms with van der Waals surface area (Å²) in [6.07, 6.45) is 1.68. The van der Waals surface area contributed by atoms with Gasteiger partial charge in [0.05, 0.1) is 12.6 Å². The van der Waals surface area contributed by atoms with Gasteiger partial charge >= 0.3 is 0 Å². The van der Waals surface area contributed by atoms with Gasteiger partial charge in [0.1, 0.15) is 11.6 Å². The number of amides is 2. The fraction of sp³-hybridized carbons (Fsp3) is 0.273. The van der Waals surface area contributed by atoms with Crippen LogP contribution in [0.15, 0.2) is 60.7 Å². The van der Waals surface area contributed by atoms with Crippen LogP contribution in [0.2, 0.25) is 0 Å². The highest BCUT2D eigenvalue weighted by molar-refractivity contribution is 5.85. The van der Waals surface area contributed by atoms with Gasteiger partial charge in [0.25, 0.3) is 5.91 Å². The molecular weight excluding hydrogens is 382 g/mol. The highest BCUT2D eigenvalue weighted by atomic mass is 16.5. The summed E-state index contributed by atoms with van der Waals surface area (Å²) in [6, 6.07) is 18.6. The molecule has 2 N–H and O–H groups in total. The number of likely N-dealkylation sites (tertiary alicyclic amines) is 1. The zero-order chi connectivity index (χ0) is 20.8. The first kappa shape index (κ1) is 19.6. The predicted molar refractivity (Wildman–Crippen MR) is 110 cm³/mol. The number of carbonyl (C=O) groups is 2. The molecular formula is C22H23N5O3. The molecule has 2 amide bonds. The Balaban J connectivity index is 1.31. The maximum absolute atomic E-state index is 12.7. The number of H-pyrrole nitrogens is 1. The Bertz CT molecular complexity index is 990. The normalized spacial score (nSPS) is 15.7. The minimum atomic E-state index is -0.339. The molecule has 0 aliphatic carbocycles. The first-order valence-electron chi connectivity index (χ1n) is 9.92. The summed E-state index contributed by atoms with van der Waals surface area (Å²) in [5.41, 5.74) is 0.918. The molecule has 30 heavy (non-hydrogen) atoms. The number of aromatic nitrogens is 3. The molecule has 4 rings (SSSR count). The summed E-state index contributed by atoms with van der Waals surface area (Å²) in [5.74, 6) is 1.39. The van der Waals surface area contributed by atoms with Gasteiger partial charge < -0.3 is 15.0 Å². The Morgan fingerprint density at radius 2 is 1.83 bits per heavy atom. The number of para-hydroxylation sites is 1. The summed E-state index contributed by atoms with van der Waals surface area (Å²) >= 11 is 0. The third kappa shape index (κ3) is 4.65. The van der Waals surface area contributed by atoms with E-state index in [0.717, 1.165) is 18.4 Å². The molecule has 3 aromatic rings. The molecule has 8 heteroatoms. The minimum Gasteiger partial charge on any atom is -0.484 e. The fourth-order valence-corrected chi connectivity index (χ4v) is 3.48. The third-order valence-corrected chi connectivity index (χ3v) is 4.97. The van der Waals surface area contributed by atoms with Crippen LogP contribution >= 0.6 is 0 Å². The maximum Gasteiger partial charge on any atom is 0.258 e. The van der Waals surface area contributed by atoms with Crippen LogP contribution in [-0.4, -0.2) is 51.6 Å². The first-order chi connectivity index (χ1) is 14.7. The molecule has 0 spiro atoms. The van der Waals surface area contributed by atoms with Gasteiger partial charge in [0.2, 0.25) is 5.91 Å². The van der Waals surface area contributed by atoms with E-state index in [9.17, 15) is 9.59 Å². The Labute approximate surface area is 174 Å². The second kappa shape index (κ2) is 9.21. The lowest BCUT2D eigenvalue weighted by molar-refractivity contribution is -0.134. The van der Waals surface area contributed by atoms with Crippen LogP contribution in [0.25, 0.3) is 11.4 Å². The third-order valence-electron chi connectivity index (χ3n) is 4.97. The maximum atomic E-state index is 12.7. The lowest BCUT2D eigenvalue weighted by Gasteiger charge is -2.23. The topological polar surface area (TPSA) is 100 Å². The Morgan fingerprint density at radius 1 is 1.10 bits per heavy atom. The van der Waals surface area contributed by atoms with Gasteiger partial charge in [-0.2, -0.15) is 5.10 Å². The lowest BCUT2D eigenvalue weighted by atomic mass is 10.2. The molecule has 2 aromatic carbocycles. The van der Waals surface area contributed by atoms with Crippen LogP contribution in [0.1, 0.15) is 24.7 Å². The highest BCUT2D eigenvalue weighted by Gasteiger charge is 2.32. The summed E-state index contributed by atoms with van der Waals surface area (Å²) in [6.45, 7) is 0.414. The van der Waals surface area contributed by atoms with Crippen LogP contribution in [0.3, 0.4) is 0 Å². The summed E-state index contributed by atoms with van der Waals surface area (Å²) < 4.78 is 5.40. The van der Waals surface area contributed by atoms with Gasteiger partial charge in [0, 0.05) is 12.1 Å². The fourth-order valence-electron chi connectivity index (χ4n) is 3.48. The van der Waals surface area contributed by atoms with E-state index >= 15 is 0 Å². The van der Waals surface area contributed by atoms with E-state index in [1.54, 1.807) is 17.0 Å². The van der Waals surface area contributed by atoms with Gasteiger partial charge in [-0.1, -0.05) is 48.5 Å². The number of hydrogen-bond donors (Lipinski definition) is 2. The van der Waals surface area contributed by atoms with Crippen molar-refractivity contribution in [2.45, 2.75) is 18.9 Å². The van der Waals surface area contributed by atoms with Crippen molar-refractivity contribution in [3.63, 3.8) is 0 Å². The molecule has 1 aliphatic heterocycles. The molecule has 1 aromatic heterocycles. The van der Waals surface area contributed by atoms with Crippen molar-refractivity contribution < 1.29 is 14.3 Å². The second-order valence-electron chi connectivity index (χ2n) is 7.03. The molecule has 1 saturated heterocycles. The van der Waals surface area contributed by atoms with Gasteiger partial charge in [0.15, 0.2) is 12.4 Å². The zero-order valence-corrected chi connectivity index (χ0v) is 16.5. The summed E-state index contributed by atoms with van der Waals surface area (Å²) in [5, 5.41) is 9.90. The van der Waals surface area contributed by atoms with Gasteiger partial charge in [-0.25, -0.2) is 4.98 Å². The van der Waals surface area contributed by atoms with Crippen LogP contribution < -0.4 is 10.1 Å². The van der Waals surface area contributed by atoms with E-state index < -0.39 is 0 Å². The predicted octanol–water partition coefficient (Wildman–Crippen LogP) is 2.33. The van der Waals surface area contributed by atoms with E-state index in [1.165, 1.54) is 0 Å². The average Bonchev–Trinajstić information content (AvgIpc) is 3.47. The van der Waals surface area contributed by atoms with E-state index in [0.29, 0.717) is 23.9 Å². The van der Waals surface area contributed by atoms with Crippen molar-refractivity contribution in [3.8, 4) is 17.1 Å². The van der Waals surface area contributed by atoms with Crippen molar-refractivity contribution in [1.29, 1.82) is 0 Å². The summed E-state index contributed by atoms with van der Waals surface area (Å²) in [4.78, 5) is 31.0. The first-order valence-corrected chi connectivity index (χ1v) is 9.92. The Hall–Kier alpha value is -3.68. The quantitative estimate of drug-likeness (QED) is 0.628. The van der Waals surface area contributed by atoms with Crippen molar-refractivity contribution >= 4 is 11.8 Å². The number of nitrogens with zero attached hydrogens (tertiary/aromatic N) is 3. The van der Waals surface area contributed by atoms with Crippen molar-refractivity contribution in [2.24, 2.45) is 0 Å². The smallest absolute Gasteiger partial charge is 0.258 e. The van der Waals surface area contributed by atoms with Crippen LogP contribution in [-0.2, 0) is 9.59 Å². The van der Waals surface area contributed by atoms with Crippen molar-refractivity contribution in [3.05, 3.63) is 66.5 Å². The number of rotatable bonds is 7. The molecule has 1 aliphatic rings. The number of nitrogens with one attached hydrogen (secondary N) is 2. The summed E-state index contributed by atoms with van der Waals surface area (Å²) in [7, 11) is 0. The molecule has 8 nitrogen and oxygen atoms in total. The second-order valence-corrected chi connectivity index (χ2v) is 7.03. The van der Waals surface area contributed by atoms with Crippen LogP contribution in [0.5, 0.6) is 5.75 Å². The minimum absolute atomic E-state index is 0.0762. The van der Waals surface area contributed by atoms with E-state index in [1.807, 2.05) is 48.5 Å². The molecule has 0 bridgehead atoms. The standard InChI is InChI=1S/C22H23N5O3/c28-19(15-30-17-10-5-2-6-11-17)23-14-20(29)27-13-7-12-18(27)22-24-21(25-26-22)16-8-3-1-4-9-16/h1-6,8-11,18H,7,12-15H2,(H,23,28)(H,24,25,26). The van der Waals surface area contributed by atoms with Crippen LogP contribution in [0.4, 0.5) is 0 Å². The largest absolute Gasteiger partial charge is 0.484 e. The van der Waals surface area contributed by atoms with Gasteiger partial charge in [-0.15, -0.1) is 0 Å². The SMILES string of the molecule is O=C(COc1ccccc1)NCC(=O)N1CCCC1c1nc(-c2ccccc2)n[nH]1. The highest BCUT2D eigenvalue weighted by Crippen LogP contribution is 2.30. The molecule has 0 saturated carbocycles. The van der Waals surface area contributed by atoms with E-state index in [-0.39, 0.29) is 31.0 Å². The Kier molecular flexibility index (Phi) is 6.03. The van der Waals surface area contributed by atoms with Gasteiger partial charge in [-0.05, 0) is 25.0 Å². The van der Waals surface area contributed by atoms with Crippen molar-refractivity contribution in [2.75, 3.05) is 19.7 Å². The molecule has 1 atom stereocenters. The molecule has 2 heterocycles. The average molecular weight is 405 g/mol.